The van der Waals surface area contributed by atoms with Gasteiger partial charge in [0.1, 0.15) is 15.5 Å². The molecule has 0 aliphatic heterocycles. The first kappa shape index (κ1) is 39.9. The van der Waals surface area contributed by atoms with Crippen molar-refractivity contribution in [3.05, 3.63) is 65.4 Å². The molecule has 0 fully saturated rings. The van der Waals surface area contributed by atoms with Crippen LogP contribution in [0.3, 0.4) is 0 Å². The summed E-state index contributed by atoms with van der Waals surface area (Å²) in [7, 11) is -13.3. The van der Waals surface area contributed by atoms with Gasteiger partial charge >= 0.3 is 17.1 Å². The molecule has 1 heterocycles. The van der Waals surface area contributed by atoms with Crippen molar-refractivity contribution in [1.29, 1.82) is 0 Å². The fraction of sp³-hybridized carbons (Fsp3) is 0.0741. The van der Waals surface area contributed by atoms with Gasteiger partial charge in [0, 0.05) is 12.7 Å². The van der Waals surface area contributed by atoms with Crippen molar-refractivity contribution in [1.82, 2.24) is 15.0 Å². The summed E-state index contributed by atoms with van der Waals surface area (Å²) >= 11 is 5.86. The van der Waals surface area contributed by atoms with Gasteiger partial charge in [-0.2, -0.15) is 50.4 Å². The van der Waals surface area contributed by atoms with Crippen LogP contribution in [0, 0.1) is 6.92 Å². The number of nitrogen functional groups attached to an aromatic ring is 1. The van der Waals surface area contributed by atoms with Crippen LogP contribution < -0.4 is 20.8 Å². The second-order valence-electron chi connectivity index (χ2n) is 10.3. The molecule has 275 valence electrons. The molecule has 0 saturated heterocycles. The van der Waals surface area contributed by atoms with Crippen molar-refractivity contribution < 1.29 is 66.2 Å². The zero-order valence-corrected chi connectivity index (χ0v) is 30.0. The zero-order valence-electron chi connectivity index (χ0n) is 25.9. The van der Waals surface area contributed by atoms with Gasteiger partial charge in [-0.25, -0.2) is 0 Å². The van der Waals surface area contributed by atoms with Gasteiger partial charge in [0.2, 0.25) is 17.2 Å². The van der Waals surface area contributed by atoms with Crippen LogP contribution >= 0.6 is 11.6 Å². The first-order valence-electron chi connectivity index (χ1n) is 13.5. The number of benzene rings is 4. The van der Waals surface area contributed by atoms with E-state index in [-0.39, 0.29) is 56.3 Å². The predicted octanol–water partition coefficient (Wildman–Crippen LogP) is 4.05. The summed E-state index contributed by atoms with van der Waals surface area (Å²) in [5.41, 5.74) is 4.01. The average Bonchev–Trinajstić information content (AvgIpc) is 3.02. The summed E-state index contributed by atoms with van der Waals surface area (Å²) < 4.78 is 100. The molecule has 0 unspecified atom stereocenters. The summed E-state index contributed by atoms with van der Waals surface area (Å²) in [5, 5.41) is 40.9. The minimum atomic E-state index is -5.09. The van der Waals surface area contributed by atoms with E-state index in [1.54, 1.807) is 0 Å². The molecule has 5 N–H and O–H groups in total. The van der Waals surface area contributed by atoms with E-state index in [4.69, 9.17) is 17.3 Å². The molecule has 0 bridgehead atoms. The zero-order chi connectivity index (χ0) is 37.6. The smallest absolute Gasteiger partial charge is 0.871 e. The molecule has 0 saturated carbocycles. The fourth-order valence-corrected chi connectivity index (χ4v) is 6.38. The Morgan fingerprint density at radius 1 is 0.750 bits per heavy atom. The van der Waals surface area contributed by atoms with Crippen LogP contribution in [0.25, 0.3) is 10.8 Å². The summed E-state index contributed by atoms with van der Waals surface area (Å²) in [5.74, 6) is -2.01. The molecular formula is C27H20ClCuN9O11S3. The molecule has 5 rings (SSSR count). The van der Waals surface area contributed by atoms with Crippen molar-refractivity contribution in [3.63, 3.8) is 0 Å². The van der Waals surface area contributed by atoms with Crippen molar-refractivity contribution in [3.8, 4) is 11.5 Å². The Morgan fingerprint density at radius 3 is 2.00 bits per heavy atom. The molecule has 52 heavy (non-hydrogen) atoms. The van der Waals surface area contributed by atoms with Gasteiger partial charge in [0.15, 0.2) is 0 Å². The molecule has 20 nitrogen and oxygen atoms in total. The molecule has 0 amide bonds. The van der Waals surface area contributed by atoms with Crippen LogP contribution in [0.1, 0.15) is 5.56 Å². The normalized spacial score (nSPS) is 12.4. The molecule has 0 spiro atoms. The van der Waals surface area contributed by atoms with Gasteiger partial charge in [-0.05, 0) is 83.4 Å². The number of rotatable bonds is 9. The number of nitrogens with zero attached hydrogens (tertiary/aromatic N) is 8. The number of fused-ring (bicyclic) bond motifs is 1. The maximum atomic E-state index is 13.4. The Hall–Kier alpha value is -4.91. The number of nitrogens with two attached hydrogens (primary N) is 1. The molecule has 25 heteroatoms. The number of anilines is 3. The maximum absolute atomic E-state index is 13.4. The summed E-state index contributed by atoms with van der Waals surface area (Å²) in [6.45, 7) is 1.40. The topological polar surface area (TPSA) is 327 Å². The summed E-state index contributed by atoms with van der Waals surface area (Å²) in [6.07, 6.45) is 0. The first-order chi connectivity index (χ1) is 23.6. The van der Waals surface area contributed by atoms with E-state index in [2.05, 4.69) is 35.4 Å². The van der Waals surface area contributed by atoms with Crippen LogP contribution in [0.5, 0.6) is 11.5 Å². The van der Waals surface area contributed by atoms with E-state index in [0.29, 0.717) is 23.9 Å². The monoisotopic (exact) mass is 840 g/mol. The Labute approximate surface area is 309 Å². The minimum absolute atomic E-state index is 0. The number of hydrogen-bond acceptors (Lipinski definition) is 17. The molecule has 1 radical (unpaired) electrons. The largest absolute Gasteiger partial charge is 2.00 e. The molecule has 0 atom stereocenters. The maximum Gasteiger partial charge on any atom is 2.00 e. The average molecular weight is 842 g/mol. The van der Waals surface area contributed by atoms with Gasteiger partial charge in [-0.3, -0.25) is 13.7 Å². The standard InChI is InChI=1S/C27H22ClN9O11S3.Cu/c1-12-7-18(20(38)11-17(12)33-35-19-10-15(49(40,41)42)4-6-21(19)50(43,44)45)34-36-23-22(51(46,47)48)9-13-8-14(3-5-16(13)24(23)39)37(2)27-31-25(28)30-26(29)32-27;/h3-11,38-39H,1-2H3,(H,40,41,42)(H,43,44,45)(H,46,47,48)(H2,29,30,31,32);/q;+2/p-2. The first-order valence-corrected chi connectivity index (χ1v) is 18.2. The van der Waals surface area contributed by atoms with Crippen LogP contribution in [0.4, 0.5) is 40.3 Å². The van der Waals surface area contributed by atoms with Crippen molar-refractivity contribution >= 4 is 93.1 Å². The molecule has 5 aromatic rings. The number of aromatic nitrogens is 3. The van der Waals surface area contributed by atoms with Crippen LogP contribution in [-0.2, 0) is 47.4 Å². The van der Waals surface area contributed by atoms with Gasteiger partial charge in [0.05, 0.1) is 22.0 Å². The number of aryl methyl sites for hydroxylation is 1. The van der Waals surface area contributed by atoms with Gasteiger partial charge in [0.25, 0.3) is 30.4 Å². The van der Waals surface area contributed by atoms with E-state index < -0.39 is 73.6 Å². The second kappa shape index (κ2) is 14.6. The number of azo groups is 2. The van der Waals surface area contributed by atoms with E-state index in [0.717, 1.165) is 18.2 Å². The Kier molecular flexibility index (Phi) is 11.2. The molecular weight excluding hydrogens is 822 g/mol. The van der Waals surface area contributed by atoms with Crippen LogP contribution in [-0.4, -0.2) is 60.9 Å². The third-order valence-electron chi connectivity index (χ3n) is 6.90. The molecule has 4 aromatic carbocycles. The molecule has 0 aliphatic carbocycles. The Morgan fingerprint density at radius 2 is 1.38 bits per heavy atom. The van der Waals surface area contributed by atoms with E-state index in [9.17, 15) is 49.1 Å². The number of hydrogen-bond donors (Lipinski definition) is 4. The number of halogens is 1. The Bertz CT molecular complexity index is 2650. The van der Waals surface area contributed by atoms with Crippen molar-refractivity contribution in [2.75, 3.05) is 17.7 Å². The van der Waals surface area contributed by atoms with E-state index >= 15 is 0 Å². The van der Waals surface area contributed by atoms with Gasteiger partial charge in [-0.1, -0.05) is 17.6 Å². The summed E-state index contributed by atoms with van der Waals surface area (Å²) in [4.78, 5) is 10.5. The Balaban J connectivity index is 0.00000605. The molecule has 0 aliphatic rings. The van der Waals surface area contributed by atoms with E-state index in [1.807, 2.05) is 0 Å². The quantitative estimate of drug-likeness (QED) is 0.0923. The van der Waals surface area contributed by atoms with Gasteiger partial charge in [-0.15, -0.1) is 10.2 Å². The molecule has 1 aromatic heterocycles. The predicted molar refractivity (Wildman–Crippen MR) is 176 cm³/mol. The van der Waals surface area contributed by atoms with Crippen molar-refractivity contribution in [2.45, 2.75) is 21.6 Å². The van der Waals surface area contributed by atoms with Gasteiger partial charge < -0.3 is 20.8 Å². The SMILES string of the molecule is Cc1cc(N=Nc2c(S(=O)(=O)O)cc3cc(N(C)c4nc(N)nc(Cl)n4)ccc3c2[O-])c([O-])cc1N=Nc1cc(S(=O)(=O)O)ccc1S(=O)(=O)O.[Cu+2]. The van der Waals surface area contributed by atoms with Crippen LogP contribution in [0.15, 0.2) is 89.7 Å². The fourth-order valence-electron chi connectivity index (χ4n) is 4.46. The second-order valence-corrected chi connectivity index (χ2v) is 14.9. The summed E-state index contributed by atoms with van der Waals surface area (Å²) in [6, 6.07) is 9.14. The van der Waals surface area contributed by atoms with Crippen molar-refractivity contribution in [2.24, 2.45) is 20.5 Å². The third kappa shape index (κ3) is 8.58. The minimum Gasteiger partial charge on any atom is -0.871 e. The third-order valence-corrected chi connectivity index (χ3v) is 9.69. The van der Waals surface area contributed by atoms with Crippen LogP contribution in [0.2, 0.25) is 5.28 Å². The van der Waals surface area contributed by atoms with E-state index in [1.165, 1.54) is 37.1 Å².